The van der Waals surface area contributed by atoms with Crippen LogP contribution in [0.4, 0.5) is 4.39 Å². The highest BCUT2D eigenvalue weighted by Gasteiger charge is 2.12. The van der Waals surface area contributed by atoms with Crippen molar-refractivity contribution in [3.05, 3.63) is 28.0 Å². The van der Waals surface area contributed by atoms with Crippen LogP contribution in [-0.2, 0) is 16.0 Å². The van der Waals surface area contributed by atoms with E-state index in [1.54, 1.807) is 0 Å². The van der Waals surface area contributed by atoms with Gasteiger partial charge in [0.15, 0.2) is 0 Å². The van der Waals surface area contributed by atoms with Gasteiger partial charge in [0.1, 0.15) is 11.6 Å². The first-order valence-corrected chi connectivity index (χ1v) is 4.96. The van der Waals surface area contributed by atoms with Gasteiger partial charge in [0, 0.05) is 11.6 Å². The molecule has 0 fully saturated rings. The van der Waals surface area contributed by atoms with E-state index in [4.69, 9.17) is 4.74 Å². The molecule has 1 rings (SSSR count). The van der Waals surface area contributed by atoms with Crippen molar-refractivity contribution in [3.63, 3.8) is 0 Å². The Morgan fingerprint density at radius 1 is 1.47 bits per heavy atom. The molecule has 0 N–H and O–H groups in total. The zero-order valence-electron chi connectivity index (χ0n) is 8.34. The summed E-state index contributed by atoms with van der Waals surface area (Å²) in [6, 6.07) is 2.73. The second-order valence-corrected chi connectivity index (χ2v) is 3.69. The molecule has 0 aliphatic rings. The molecule has 0 atom stereocenters. The maximum atomic E-state index is 13.1. The van der Waals surface area contributed by atoms with Gasteiger partial charge in [0.2, 0.25) is 0 Å². The minimum Gasteiger partial charge on any atom is -0.496 e. The molecule has 0 spiro atoms. The predicted octanol–water partition coefficient (Wildman–Crippen LogP) is 2.31. The second-order valence-electron chi connectivity index (χ2n) is 2.83. The standard InChI is InChI=1S/C10H10BrFO3/c1-14-9-5-8(12)7(11)3-6(9)4-10(13)15-2/h3,5H,4H2,1-2H3. The maximum absolute atomic E-state index is 13.1. The van der Waals surface area contributed by atoms with E-state index in [2.05, 4.69) is 20.7 Å². The number of esters is 1. The van der Waals surface area contributed by atoms with E-state index in [1.807, 2.05) is 0 Å². The summed E-state index contributed by atoms with van der Waals surface area (Å²) in [5.74, 6) is -0.492. The summed E-state index contributed by atoms with van der Waals surface area (Å²) in [7, 11) is 2.72. The monoisotopic (exact) mass is 276 g/mol. The fraction of sp³-hybridized carbons (Fsp3) is 0.300. The second kappa shape index (κ2) is 5.11. The van der Waals surface area contributed by atoms with E-state index in [0.29, 0.717) is 15.8 Å². The Balaban J connectivity index is 3.05. The van der Waals surface area contributed by atoms with Crippen LogP contribution in [-0.4, -0.2) is 20.2 Å². The topological polar surface area (TPSA) is 35.5 Å². The van der Waals surface area contributed by atoms with Crippen LogP contribution >= 0.6 is 15.9 Å². The van der Waals surface area contributed by atoms with Gasteiger partial charge in [-0.05, 0) is 22.0 Å². The van der Waals surface area contributed by atoms with Gasteiger partial charge in [-0.15, -0.1) is 0 Å². The molecule has 0 aliphatic heterocycles. The van der Waals surface area contributed by atoms with Gasteiger partial charge in [0.05, 0.1) is 25.1 Å². The summed E-state index contributed by atoms with van der Waals surface area (Å²) in [6.07, 6.45) is 0.0541. The Morgan fingerprint density at radius 3 is 2.67 bits per heavy atom. The molecular formula is C10H10BrFO3. The average Bonchev–Trinajstić information content (AvgIpc) is 2.22. The molecule has 5 heteroatoms. The van der Waals surface area contributed by atoms with Crippen molar-refractivity contribution in [1.29, 1.82) is 0 Å². The summed E-state index contributed by atoms with van der Waals surface area (Å²) in [6.45, 7) is 0. The van der Waals surface area contributed by atoms with Crippen molar-refractivity contribution in [2.45, 2.75) is 6.42 Å². The molecule has 82 valence electrons. The zero-order chi connectivity index (χ0) is 11.4. The van der Waals surface area contributed by atoms with Crippen molar-refractivity contribution in [2.75, 3.05) is 14.2 Å². The largest absolute Gasteiger partial charge is 0.496 e. The van der Waals surface area contributed by atoms with E-state index in [9.17, 15) is 9.18 Å². The van der Waals surface area contributed by atoms with Gasteiger partial charge in [-0.25, -0.2) is 4.39 Å². The summed E-state index contributed by atoms with van der Waals surface area (Å²) >= 11 is 3.04. The fourth-order valence-corrected chi connectivity index (χ4v) is 1.52. The van der Waals surface area contributed by atoms with Gasteiger partial charge in [-0.1, -0.05) is 0 Å². The highest BCUT2D eigenvalue weighted by molar-refractivity contribution is 9.10. The molecule has 1 aromatic rings. The number of ether oxygens (including phenoxy) is 2. The molecule has 1 aromatic carbocycles. The van der Waals surface area contributed by atoms with Crippen LogP contribution in [0.1, 0.15) is 5.56 Å². The van der Waals surface area contributed by atoms with E-state index in [1.165, 1.54) is 26.4 Å². The molecule has 0 bridgehead atoms. The first-order valence-electron chi connectivity index (χ1n) is 4.17. The van der Waals surface area contributed by atoms with Gasteiger partial charge >= 0.3 is 5.97 Å². The highest BCUT2D eigenvalue weighted by atomic mass is 79.9. The van der Waals surface area contributed by atoms with Crippen LogP contribution in [0, 0.1) is 5.82 Å². The lowest BCUT2D eigenvalue weighted by Crippen LogP contribution is -2.06. The van der Waals surface area contributed by atoms with E-state index in [-0.39, 0.29) is 6.42 Å². The van der Waals surface area contributed by atoms with Crippen molar-refractivity contribution in [3.8, 4) is 5.75 Å². The Labute approximate surface area is 95.3 Å². The van der Waals surface area contributed by atoms with Gasteiger partial charge in [-0.3, -0.25) is 4.79 Å². The molecule has 0 unspecified atom stereocenters. The van der Waals surface area contributed by atoms with Crippen LogP contribution in [0.3, 0.4) is 0 Å². The van der Waals surface area contributed by atoms with E-state index in [0.717, 1.165) is 0 Å². The number of carbonyl (C=O) groups is 1. The van der Waals surface area contributed by atoms with Crippen LogP contribution < -0.4 is 4.74 Å². The van der Waals surface area contributed by atoms with Gasteiger partial charge < -0.3 is 9.47 Å². The number of methoxy groups -OCH3 is 2. The molecule has 15 heavy (non-hydrogen) atoms. The first-order chi connectivity index (χ1) is 7.08. The van der Waals surface area contributed by atoms with Crippen LogP contribution in [0.15, 0.2) is 16.6 Å². The van der Waals surface area contributed by atoms with Gasteiger partial charge in [-0.2, -0.15) is 0 Å². The number of rotatable bonds is 3. The van der Waals surface area contributed by atoms with E-state index < -0.39 is 11.8 Å². The quantitative estimate of drug-likeness (QED) is 0.795. The minimum atomic E-state index is -0.430. The Hall–Kier alpha value is -1.10. The van der Waals surface area contributed by atoms with Gasteiger partial charge in [0.25, 0.3) is 0 Å². The summed E-state index contributed by atoms with van der Waals surface area (Å²) in [4.78, 5) is 11.1. The minimum absolute atomic E-state index is 0.0541. The van der Waals surface area contributed by atoms with Crippen LogP contribution in [0.25, 0.3) is 0 Å². The Bertz CT molecular complexity index is 379. The van der Waals surface area contributed by atoms with Crippen molar-refractivity contribution < 1.29 is 18.7 Å². The Kier molecular flexibility index (Phi) is 4.08. The lowest BCUT2D eigenvalue weighted by Gasteiger charge is -2.08. The van der Waals surface area contributed by atoms with E-state index >= 15 is 0 Å². The third kappa shape index (κ3) is 2.92. The number of carbonyl (C=O) groups excluding carboxylic acids is 1. The van der Waals surface area contributed by atoms with Crippen molar-refractivity contribution in [2.24, 2.45) is 0 Å². The zero-order valence-corrected chi connectivity index (χ0v) is 9.93. The highest BCUT2D eigenvalue weighted by Crippen LogP contribution is 2.26. The molecule has 3 nitrogen and oxygen atoms in total. The molecule has 0 saturated heterocycles. The van der Waals surface area contributed by atoms with Crippen LogP contribution in [0.2, 0.25) is 0 Å². The Morgan fingerprint density at radius 2 is 2.13 bits per heavy atom. The number of hydrogen-bond acceptors (Lipinski definition) is 3. The number of benzene rings is 1. The molecular weight excluding hydrogens is 267 g/mol. The average molecular weight is 277 g/mol. The lowest BCUT2D eigenvalue weighted by molar-refractivity contribution is -0.139. The summed E-state index contributed by atoms with van der Waals surface area (Å²) in [5, 5.41) is 0. The smallest absolute Gasteiger partial charge is 0.310 e. The molecule has 0 aliphatic carbocycles. The normalized spacial score (nSPS) is 9.87. The van der Waals surface area contributed by atoms with Crippen molar-refractivity contribution >= 4 is 21.9 Å². The predicted molar refractivity (Wildman–Crippen MR) is 56.4 cm³/mol. The maximum Gasteiger partial charge on any atom is 0.310 e. The third-order valence-electron chi connectivity index (χ3n) is 1.89. The SMILES string of the molecule is COC(=O)Cc1cc(Br)c(F)cc1OC. The molecule has 0 aromatic heterocycles. The van der Waals surface area contributed by atoms with Crippen LogP contribution in [0.5, 0.6) is 5.75 Å². The fourth-order valence-electron chi connectivity index (χ4n) is 1.13. The lowest BCUT2D eigenvalue weighted by atomic mass is 10.1. The molecule has 0 saturated carbocycles. The first kappa shape index (κ1) is 12.0. The van der Waals surface area contributed by atoms with Crippen molar-refractivity contribution in [1.82, 2.24) is 0 Å². The third-order valence-corrected chi connectivity index (χ3v) is 2.49. The molecule has 0 amide bonds. The number of hydrogen-bond donors (Lipinski definition) is 0. The molecule has 0 heterocycles. The molecule has 0 radical (unpaired) electrons. The number of halogens is 2. The summed E-state index contributed by atoms with van der Waals surface area (Å²) in [5.41, 5.74) is 0.581. The summed E-state index contributed by atoms with van der Waals surface area (Å²) < 4.78 is 22.9.